The van der Waals surface area contributed by atoms with Crippen LogP contribution in [0.25, 0.3) is 0 Å². The van der Waals surface area contributed by atoms with E-state index in [1.54, 1.807) is 0 Å². The van der Waals surface area contributed by atoms with Gasteiger partial charge in [0, 0.05) is 25.7 Å². The van der Waals surface area contributed by atoms with E-state index in [9.17, 15) is 0 Å². The first-order chi connectivity index (χ1) is 6.81. The Hall–Kier alpha value is -0.970. The molecule has 1 atom stereocenters. The SMILES string of the molecule is N/N=C(\N)N1CCN2CCCCC2C1. The molecule has 2 aliphatic heterocycles. The molecule has 2 aliphatic rings. The van der Waals surface area contributed by atoms with E-state index in [2.05, 4.69) is 14.9 Å². The van der Waals surface area contributed by atoms with E-state index in [1.807, 2.05) is 0 Å². The number of nitrogens with zero attached hydrogens (tertiary/aromatic N) is 3. The lowest BCUT2D eigenvalue weighted by molar-refractivity contribution is 0.0796. The molecule has 0 aliphatic carbocycles. The summed E-state index contributed by atoms with van der Waals surface area (Å²) in [5.74, 6) is 5.66. The second kappa shape index (κ2) is 4.04. The van der Waals surface area contributed by atoms with E-state index in [0.717, 1.165) is 19.6 Å². The van der Waals surface area contributed by atoms with E-state index in [1.165, 1.54) is 25.8 Å². The average molecular weight is 197 g/mol. The van der Waals surface area contributed by atoms with Crippen molar-refractivity contribution in [2.75, 3.05) is 26.2 Å². The molecule has 0 spiro atoms. The Kier molecular flexibility index (Phi) is 2.77. The minimum Gasteiger partial charge on any atom is -0.368 e. The highest BCUT2D eigenvalue weighted by Gasteiger charge is 2.29. The number of fused-ring (bicyclic) bond motifs is 1. The summed E-state index contributed by atoms with van der Waals surface area (Å²) in [5, 5.41) is 3.55. The third kappa shape index (κ3) is 1.77. The van der Waals surface area contributed by atoms with Gasteiger partial charge >= 0.3 is 0 Å². The molecule has 2 rings (SSSR count). The minimum absolute atomic E-state index is 0.482. The number of guanidine groups is 1. The van der Waals surface area contributed by atoms with E-state index < -0.39 is 0 Å². The topological polar surface area (TPSA) is 70.9 Å². The maximum Gasteiger partial charge on any atom is 0.213 e. The summed E-state index contributed by atoms with van der Waals surface area (Å²) in [6.07, 6.45) is 3.97. The highest BCUT2D eigenvalue weighted by molar-refractivity contribution is 5.77. The van der Waals surface area contributed by atoms with Gasteiger partial charge in [0.15, 0.2) is 0 Å². The molecule has 80 valence electrons. The van der Waals surface area contributed by atoms with Crippen molar-refractivity contribution in [3.05, 3.63) is 0 Å². The summed E-state index contributed by atoms with van der Waals surface area (Å²) < 4.78 is 0. The summed E-state index contributed by atoms with van der Waals surface area (Å²) in [6.45, 7) is 4.30. The van der Waals surface area contributed by atoms with Crippen LogP contribution in [-0.2, 0) is 0 Å². The van der Waals surface area contributed by atoms with Gasteiger partial charge in [0.2, 0.25) is 5.96 Å². The minimum atomic E-state index is 0.482. The zero-order valence-electron chi connectivity index (χ0n) is 8.52. The maximum atomic E-state index is 5.70. The third-order valence-electron chi connectivity index (χ3n) is 3.29. The molecule has 5 nitrogen and oxygen atoms in total. The first-order valence-electron chi connectivity index (χ1n) is 5.33. The molecule has 0 aromatic heterocycles. The highest BCUT2D eigenvalue weighted by Crippen LogP contribution is 2.20. The molecule has 0 radical (unpaired) electrons. The number of hydrazone groups is 1. The van der Waals surface area contributed by atoms with Gasteiger partial charge in [0.25, 0.3) is 0 Å². The molecule has 0 aromatic rings. The molecule has 2 heterocycles. The molecule has 0 bridgehead atoms. The van der Waals surface area contributed by atoms with Crippen LogP contribution in [0.15, 0.2) is 5.10 Å². The lowest BCUT2D eigenvalue weighted by Gasteiger charge is -2.44. The third-order valence-corrected chi connectivity index (χ3v) is 3.29. The monoisotopic (exact) mass is 197 g/mol. The number of rotatable bonds is 0. The van der Waals surface area contributed by atoms with Gasteiger partial charge in [-0.15, -0.1) is 5.10 Å². The Balaban J connectivity index is 1.95. The van der Waals surface area contributed by atoms with Crippen LogP contribution in [0.3, 0.4) is 0 Å². The molecule has 0 amide bonds. The van der Waals surface area contributed by atoms with Gasteiger partial charge in [-0.3, -0.25) is 4.90 Å². The first-order valence-corrected chi connectivity index (χ1v) is 5.33. The maximum absolute atomic E-state index is 5.70. The second-order valence-electron chi connectivity index (χ2n) is 4.12. The lowest BCUT2D eigenvalue weighted by Crippen LogP contribution is -2.57. The molecule has 2 fully saturated rings. The van der Waals surface area contributed by atoms with Gasteiger partial charge in [0.05, 0.1) is 0 Å². The largest absolute Gasteiger partial charge is 0.368 e. The Morgan fingerprint density at radius 3 is 2.86 bits per heavy atom. The van der Waals surface area contributed by atoms with Gasteiger partial charge in [-0.25, -0.2) is 0 Å². The van der Waals surface area contributed by atoms with Crippen LogP contribution in [0.5, 0.6) is 0 Å². The van der Waals surface area contributed by atoms with Crippen molar-refractivity contribution in [3.63, 3.8) is 0 Å². The molecule has 0 saturated carbocycles. The quantitative estimate of drug-likeness (QED) is 0.234. The van der Waals surface area contributed by atoms with Crippen molar-refractivity contribution in [3.8, 4) is 0 Å². The van der Waals surface area contributed by atoms with Crippen molar-refractivity contribution in [1.82, 2.24) is 9.80 Å². The van der Waals surface area contributed by atoms with Crippen LogP contribution < -0.4 is 11.6 Å². The molecule has 14 heavy (non-hydrogen) atoms. The van der Waals surface area contributed by atoms with Crippen molar-refractivity contribution in [1.29, 1.82) is 0 Å². The fourth-order valence-electron chi connectivity index (χ4n) is 2.45. The van der Waals surface area contributed by atoms with E-state index in [0.29, 0.717) is 12.0 Å². The predicted molar refractivity (Wildman–Crippen MR) is 56.6 cm³/mol. The normalized spacial score (nSPS) is 30.1. The standard InChI is InChI=1S/C9H19N5/c10-9(12-11)14-6-5-13-4-2-1-3-8(13)7-14/h8H,1-7,11H2,(H2,10,12). The number of hydrogen-bond donors (Lipinski definition) is 2. The van der Waals surface area contributed by atoms with Crippen molar-refractivity contribution in [2.24, 2.45) is 16.7 Å². The Labute approximate surface area is 84.7 Å². The molecular formula is C9H19N5. The van der Waals surface area contributed by atoms with Crippen LogP contribution >= 0.6 is 0 Å². The summed E-state index contributed by atoms with van der Waals surface area (Å²) >= 11 is 0. The fraction of sp³-hybridized carbons (Fsp3) is 0.889. The van der Waals surface area contributed by atoms with Gasteiger partial charge in [-0.05, 0) is 19.4 Å². The van der Waals surface area contributed by atoms with Gasteiger partial charge in [0.1, 0.15) is 0 Å². The average Bonchev–Trinajstić information content (AvgIpc) is 2.27. The van der Waals surface area contributed by atoms with Crippen LogP contribution in [0.1, 0.15) is 19.3 Å². The van der Waals surface area contributed by atoms with Gasteiger partial charge in [-0.1, -0.05) is 6.42 Å². The zero-order chi connectivity index (χ0) is 9.97. The number of piperazine rings is 1. The molecule has 1 unspecified atom stereocenters. The highest BCUT2D eigenvalue weighted by atomic mass is 15.4. The first kappa shape index (κ1) is 9.58. The number of nitrogens with two attached hydrogens (primary N) is 2. The van der Waals surface area contributed by atoms with Crippen LogP contribution in [-0.4, -0.2) is 48.0 Å². The molecule has 5 heteroatoms. The predicted octanol–water partition coefficient (Wildman–Crippen LogP) is -0.655. The lowest BCUT2D eigenvalue weighted by atomic mass is 10.00. The van der Waals surface area contributed by atoms with Gasteiger partial charge < -0.3 is 16.5 Å². The Morgan fingerprint density at radius 2 is 2.07 bits per heavy atom. The number of hydrogen-bond acceptors (Lipinski definition) is 3. The Bertz CT molecular complexity index is 227. The summed E-state index contributed by atoms with van der Waals surface area (Å²) in [5.41, 5.74) is 5.70. The summed E-state index contributed by atoms with van der Waals surface area (Å²) in [6, 6.07) is 0.665. The zero-order valence-corrected chi connectivity index (χ0v) is 8.52. The summed E-state index contributed by atoms with van der Waals surface area (Å²) in [7, 11) is 0. The van der Waals surface area contributed by atoms with Crippen LogP contribution in [0.4, 0.5) is 0 Å². The van der Waals surface area contributed by atoms with Crippen molar-refractivity contribution >= 4 is 5.96 Å². The smallest absolute Gasteiger partial charge is 0.213 e. The molecular weight excluding hydrogens is 178 g/mol. The van der Waals surface area contributed by atoms with Gasteiger partial charge in [-0.2, -0.15) is 0 Å². The van der Waals surface area contributed by atoms with E-state index in [-0.39, 0.29) is 0 Å². The molecule has 4 N–H and O–H groups in total. The van der Waals surface area contributed by atoms with E-state index >= 15 is 0 Å². The second-order valence-corrected chi connectivity index (χ2v) is 4.12. The number of piperidine rings is 1. The van der Waals surface area contributed by atoms with Crippen molar-refractivity contribution in [2.45, 2.75) is 25.3 Å². The molecule has 2 saturated heterocycles. The van der Waals surface area contributed by atoms with Crippen LogP contribution in [0.2, 0.25) is 0 Å². The van der Waals surface area contributed by atoms with Crippen LogP contribution in [0, 0.1) is 0 Å². The fourth-order valence-corrected chi connectivity index (χ4v) is 2.45. The Morgan fingerprint density at radius 1 is 1.21 bits per heavy atom. The van der Waals surface area contributed by atoms with E-state index in [4.69, 9.17) is 11.6 Å². The van der Waals surface area contributed by atoms with Crippen molar-refractivity contribution < 1.29 is 0 Å². The molecule has 0 aromatic carbocycles. The summed E-state index contributed by atoms with van der Waals surface area (Å²) in [4.78, 5) is 4.65.